The number of ether oxygens (including phenoxy) is 1. The van der Waals surface area contributed by atoms with Gasteiger partial charge in [0, 0.05) is 23.2 Å². The number of nitrogen functional groups attached to an aromatic ring is 1. The second-order valence-electron chi connectivity index (χ2n) is 3.69. The van der Waals surface area contributed by atoms with Crippen LogP contribution in [0, 0.1) is 0 Å². The van der Waals surface area contributed by atoms with Gasteiger partial charge in [-0.15, -0.1) is 0 Å². The summed E-state index contributed by atoms with van der Waals surface area (Å²) in [6.45, 7) is 3.22. The van der Waals surface area contributed by atoms with Gasteiger partial charge in [-0.3, -0.25) is 0 Å². The fourth-order valence-electron chi connectivity index (χ4n) is 1.49. The molecule has 0 aliphatic rings. The van der Waals surface area contributed by atoms with E-state index in [9.17, 15) is 0 Å². The SMILES string of the molecule is CCOCCc1noc(-c2cc(Br)ccc2N)n1. The highest BCUT2D eigenvalue weighted by molar-refractivity contribution is 9.10. The van der Waals surface area contributed by atoms with Crippen LogP contribution in [-0.2, 0) is 11.2 Å². The van der Waals surface area contributed by atoms with Crippen molar-refractivity contribution in [3.8, 4) is 11.5 Å². The van der Waals surface area contributed by atoms with E-state index < -0.39 is 0 Å². The number of aromatic nitrogens is 2. The molecule has 18 heavy (non-hydrogen) atoms. The highest BCUT2D eigenvalue weighted by Gasteiger charge is 2.12. The molecule has 5 nitrogen and oxygen atoms in total. The first-order chi connectivity index (χ1) is 8.70. The normalized spacial score (nSPS) is 10.8. The molecule has 0 saturated carbocycles. The molecule has 0 spiro atoms. The van der Waals surface area contributed by atoms with E-state index in [1.54, 1.807) is 6.07 Å². The summed E-state index contributed by atoms with van der Waals surface area (Å²) in [7, 11) is 0. The molecule has 0 amide bonds. The molecular weight excluding hydrogens is 298 g/mol. The van der Waals surface area contributed by atoms with Crippen LogP contribution < -0.4 is 5.73 Å². The Labute approximate surface area is 113 Å². The minimum absolute atomic E-state index is 0.431. The van der Waals surface area contributed by atoms with Crippen molar-refractivity contribution in [2.24, 2.45) is 0 Å². The average Bonchev–Trinajstić information content (AvgIpc) is 2.81. The van der Waals surface area contributed by atoms with Crippen LogP contribution >= 0.6 is 15.9 Å². The molecule has 0 aliphatic carbocycles. The smallest absolute Gasteiger partial charge is 0.260 e. The Morgan fingerprint density at radius 3 is 3.06 bits per heavy atom. The number of halogens is 1. The third-order valence-corrected chi connectivity index (χ3v) is 2.88. The summed E-state index contributed by atoms with van der Waals surface area (Å²) >= 11 is 3.39. The highest BCUT2D eigenvalue weighted by Crippen LogP contribution is 2.27. The third-order valence-electron chi connectivity index (χ3n) is 2.39. The van der Waals surface area contributed by atoms with Crippen LogP contribution in [0.25, 0.3) is 11.5 Å². The van der Waals surface area contributed by atoms with E-state index >= 15 is 0 Å². The largest absolute Gasteiger partial charge is 0.398 e. The van der Waals surface area contributed by atoms with Crippen LogP contribution in [0.1, 0.15) is 12.7 Å². The highest BCUT2D eigenvalue weighted by atomic mass is 79.9. The van der Waals surface area contributed by atoms with E-state index in [1.165, 1.54) is 0 Å². The summed E-state index contributed by atoms with van der Waals surface area (Å²) in [4.78, 5) is 4.30. The van der Waals surface area contributed by atoms with E-state index in [0.717, 1.165) is 10.0 Å². The van der Waals surface area contributed by atoms with Crippen LogP contribution in [0.3, 0.4) is 0 Å². The van der Waals surface area contributed by atoms with Gasteiger partial charge < -0.3 is 15.0 Å². The minimum Gasteiger partial charge on any atom is -0.398 e. The van der Waals surface area contributed by atoms with E-state index in [0.29, 0.717) is 37.0 Å². The number of hydrogen-bond acceptors (Lipinski definition) is 5. The summed E-state index contributed by atoms with van der Waals surface area (Å²) in [5, 5.41) is 3.90. The van der Waals surface area contributed by atoms with Crippen LogP contribution in [-0.4, -0.2) is 23.4 Å². The molecular formula is C12H14BrN3O2. The van der Waals surface area contributed by atoms with Gasteiger partial charge >= 0.3 is 0 Å². The second-order valence-corrected chi connectivity index (χ2v) is 4.61. The zero-order valence-electron chi connectivity index (χ0n) is 10.0. The number of rotatable bonds is 5. The van der Waals surface area contributed by atoms with Crippen molar-refractivity contribution >= 4 is 21.6 Å². The Morgan fingerprint density at radius 2 is 2.28 bits per heavy atom. The van der Waals surface area contributed by atoms with Crippen LogP contribution in [0.4, 0.5) is 5.69 Å². The van der Waals surface area contributed by atoms with Crippen molar-refractivity contribution in [2.75, 3.05) is 18.9 Å². The molecule has 1 aromatic carbocycles. The summed E-state index contributed by atoms with van der Waals surface area (Å²) in [5.41, 5.74) is 7.22. The first-order valence-electron chi connectivity index (χ1n) is 5.66. The van der Waals surface area contributed by atoms with Crippen molar-refractivity contribution in [2.45, 2.75) is 13.3 Å². The van der Waals surface area contributed by atoms with Crippen molar-refractivity contribution in [3.63, 3.8) is 0 Å². The molecule has 2 N–H and O–H groups in total. The quantitative estimate of drug-likeness (QED) is 0.678. The van der Waals surface area contributed by atoms with Crippen LogP contribution in [0.5, 0.6) is 0 Å². The lowest BCUT2D eigenvalue weighted by Gasteiger charge is -2.00. The van der Waals surface area contributed by atoms with Crippen LogP contribution in [0.2, 0.25) is 0 Å². The van der Waals surface area contributed by atoms with Gasteiger partial charge in [0.2, 0.25) is 0 Å². The molecule has 1 aromatic heterocycles. The van der Waals surface area contributed by atoms with Gasteiger partial charge in [0.15, 0.2) is 5.82 Å². The molecule has 6 heteroatoms. The number of nitrogens with zero attached hydrogens (tertiary/aromatic N) is 2. The first kappa shape index (κ1) is 13.0. The molecule has 0 radical (unpaired) electrons. The molecule has 1 heterocycles. The summed E-state index contributed by atoms with van der Waals surface area (Å²) in [6.07, 6.45) is 0.630. The Morgan fingerprint density at radius 1 is 1.44 bits per heavy atom. The Kier molecular flexibility index (Phi) is 4.33. The Balaban J connectivity index is 2.16. The van der Waals surface area contributed by atoms with Gasteiger partial charge in [-0.05, 0) is 25.1 Å². The number of anilines is 1. The van der Waals surface area contributed by atoms with E-state index in [4.69, 9.17) is 15.0 Å². The molecule has 96 valence electrons. The average molecular weight is 312 g/mol. The van der Waals surface area contributed by atoms with Gasteiger partial charge in [-0.25, -0.2) is 0 Å². The fraction of sp³-hybridized carbons (Fsp3) is 0.333. The fourth-order valence-corrected chi connectivity index (χ4v) is 1.85. The second kappa shape index (κ2) is 5.97. The zero-order valence-corrected chi connectivity index (χ0v) is 11.6. The maximum atomic E-state index is 5.88. The van der Waals surface area contributed by atoms with E-state index in [-0.39, 0.29) is 0 Å². The monoisotopic (exact) mass is 311 g/mol. The Hall–Kier alpha value is -1.40. The van der Waals surface area contributed by atoms with Gasteiger partial charge in [-0.1, -0.05) is 21.1 Å². The van der Waals surface area contributed by atoms with Crippen molar-refractivity contribution < 1.29 is 9.26 Å². The minimum atomic E-state index is 0.431. The summed E-state index contributed by atoms with van der Waals surface area (Å²) in [5.74, 6) is 1.05. The van der Waals surface area contributed by atoms with Crippen molar-refractivity contribution in [3.05, 3.63) is 28.5 Å². The Bertz CT molecular complexity index is 528. The lowest BCUT2D eigenvalue weighted by Crippen LogP contribution is -1.99. The molecule has 2 rings (SSSR count). The first-order valence-corrected chi connectivity index (χ1v) is 6.45. The zero-order chi connectivity index (χ0) is 13.0. The maximum absolute atomic E-state index is 5.88. The molecule has 2 aromatic rings. The van der Waals surface area contributed by atoms with Gasteiger partial charge in [0.05, 0.1) is 12.2 Å². The number of hydrogen-bond donors (Lipinski definition) is 1. The van der Waals surface area contributed by atoms with Gasteiger partial charge in [0.1, 0.15) is 0 Å². The van der Waals surface area contributed by atoms with Crippen LogP contribution in [0.15, 0.2) is 27.2 Å². The lowest BCUT2D eigenvalue weighted by atomic mass is 10.2. The molecule has 0 unspecified atom stereocenters. The molecule has 0 saturated heterocycles. The van der Waals surface area contributed by atoms with E-state index in [2.05, 4.69) is 26.1 Å². The summed E-state index contributed by atoms with van der Waals surface area (Å²) in [6, 6.07) is 5.52. The van der Waals surface area contributed by atoms with Gasteiger partial charge in [-0.2, -0.15) is 4.98 Å². The van der Waals surface area contributed by atoms with E-state index in [1.807, 2.05) is 19.1 Å². The molecule has 0 fully saturated rings. The predicted octanol–water partition coefficient (Wildman–Crippen LogP) is 2.66. The molecule has 0 aliphatic heterocycles. The predicted molar refractivity (Wildman–Crippen MR) is 72.0 cm³/mol. The topological polar surface area (TPSA) is 74.2 Å². The number of benzene rings is 1. The summed E-state index contributed by atoms with van der Waals surface area (Å²) < 4.78 is 11.4. The standard InChI is InChI=1S/C12H14BrN3O2/c1-2-17-6-5-11-15-12(18-16-11)9-7-8(13)3-4-10(9)14/h3-4,7H,2,5-6,14H2,1H3. The van der Waals surface area contributed by atoms with Crippen molar-refractivity contribution in [1.29, 1.82) is 0 Å². The van der Waals surface area contributed by atoms with Crippen molar-refractivity contribution in [1.82, 2.24) is 10.1 Å². The molecule has 0 atom stereocenters. The third kappa shape index (κ3) is 3.08. The maximum Gasteiger partial charge on any atom is 0.260 e. The molecule has 0 bridgehead atoms. The lowest BCUT2D eigenvalue weighted by molar-refractivity contribution is 0.149. The number of nitrogens with two attached hydrogens (primary N) is 1. The van der Waals surface area contributed by atoms with Gasteiger partial charge in [0.25, 0.3) is 5.89 Å².